The smallest absolute Gasteiger partial charge is 0.123 e. The summed E-state index contributed by atoms with van der Waals surface area (Å²) in [6.45, 7) is 2.06. The van der Waals surface area contributed by atoms with Gasteiger partial charge in [0.2, 0.25) is 0 Å². The van der Waals surface area contributed by atoms with Gasteiger partial charge in [0.15, 0.2) is 0 Å². The zero-order valence-corrected chi connectivity index (χ0v) is 12.0. The standard InChI is InChI=1S/C17H15FOS/c1-12-5-10-16-13(11-12)3-2-4-17(16)20(19)15-8-6-14(18)7-9-15/h4-11H,2-3H2,1H3. The number of hydrogen-bond acceptors (Lipinski definition) is 1. The molecule has 0 radical (unpaired) electrons. The van der Waals surface area contributed by atoms with Crippen LogP contribution in [-0.4, -0.2) is 4.21 Å². The highest BCUT2D eigenvalue weighted by Crippen LogP contribution is 2.32. The van der Waals surface area contributed by atoms with Crippen molar-refractivity contribution in [3.8, 4) is 0 Å². The maximum Gasteiger partial charge on any atom is 0.123 e. The summed E-state index contributed by atoms with van der Waals surface area (Å²) >= 11 is 0. The van der Waals surface area contributed by atoms with E-state index in [4.69, 9.17) is 0 Å². The molecular formula is C17H15FOS. The van der Waals surface area contributed by atoms with Gasteiger partial charge in [-0.25, -0.2) is 8.60 Å². The van der Waals surface area contributed by atoms with Gasteiger partial charge in [-0.15, -0.1) is 0 Å². The lowest BCUT2D eigenvalue weighted by molar-refractivity contribution is 0.626. The molecule has 1 aliphatic carbocycles. The first-order chi connectivity index (χ1) is 9.65. The van der Waals surface area contributed by atoms with Gasteiger partial charge in [-0.05, 0) is 55.2 Å². The molecule has 2 aromatic rings. The summed E-state index contributed by atoms with van der Waals surface area (Å²) in [7, 11) is -1.25. The second-order valence-electron chi connectivity index (χ2n) is 4.99. The number of aryl methyl sites for hydroxylation is 2. The Labute approximate surface area is 120 Å². The summed E-state index contributed by atoms with van der Waals surface area (Å²) in [5.41, 5.74) is 3.53. The molecule has 0 fully saturated rings. The van der Waals surface area contributed by atoms with E-state index in [9.17, 15) is 8.60 Å². The zero-order chi connectivity index (χ0) is 14.1. The number of allylic oxidation sites excluding steroid dienone is 1. The van der Waals surface area contributed by atoms with Crippen LogP contribution in [0, 0.1) is 12.7 Å². The maximum absolute atomic E-state index is 13.0. The minimum Gasteiger partial charge on any atom is -0.249 e. The average molecular weight is 286 g/mol. The van der Waals surface area contributed by atoms with Crippen molar-refractivity contribution in [2.45, 2.75) is 24.7 Å². The van der Waals surface area contributed by atoms with E-state index in [0.717, 1.165) is 23.3 Å². The summed E-state index contributed by atoms with van der Waals surface area (Å²) in [6, 6.07) is 12.1. The summed E-state index contributed by atoms with van der Waals surface area (Å²) < 4.78 is 25.6. The van der Waals surface area contributed by atoms with Crippen molar-refractivity contribution in [1.29, 1.82) is 0 Å². The first-order valence-electron chi connectivity index (χ1n) is 6.62. The van der Waals surface area contributed by atoms with Crippen molar-refractivity contribution in [1.82, 2.24) is 0 Å². The lowest BCUT2D eigenvalue weighted by Crippen LogP contribution is -2.05. The van der Waals surface area contributed by atoms with E-state index < -0.39 is 10.8 Å². The van der Waals surface area contributed by atoms with Gasteiger partial charge in [-0.1, -0.05) is 29.8 Å². The maximum atomic E-state index is 13.0. The Balaban J connectivity index is 2.01. The van der Waals surface area contributed by atoms with Crippen LogP contribution >= 0.6 is 0 Å². The molecule has 1 unspecified atom stereocenters. The van der Waals surface area contributed by atoms with Gasteiger partial charge < -0.3 is 0 Å². The van der Waals surface area contributed by atoms with E-state index in [1.165, 1.54) is 23.3 Å². The Morgan fingerprint density at radius 1 is 1.10 bits per heavy atom. The molecule has 0 saturated heterocycles. The fraction of sp³-hybridized carbons (Fsp3) is 0.176. The summed E-state index contributed by atoms with van der Waals surface area (Å²) in [4.78, 5) is 1.49. The molecule has 1 nitrogen and oxygen atoms in total. The fourth-order valence-corrected chi connectivity index (χ4v) is 3.80. The molecule has 0 aliphatic heterocycles. The minimum absolute atomic E-state index is 0.306. The topological polar surface area (TPSA) is 17.1 Å². The highest BCUT2D eigenvalue weighted by Gasteiger charge is 2.18. The molecule has 3 heteroatoms. The first kappa shape index (κ1) is 13.3. The van der Waals surface area contributed by atoms with Gasteiger partial charge in [0.1, 0.15) is 5.82 Å². The van der Waals surface area contributed by atoms with Crippen LogP contribution in [0.4, 0.5) is 4.39 Å². The molecule has 1 aliphatic rings. The lowest BCUT2D eigenvalue weighted by atomic mass is 9.95. The van der Waals surface area contributed by atoms with E-state index in [0.29, 0.717) is 4.90 Å². The van der Waals surface area contributed by atoms with Gasteiger partial charge >= 0.3 is 0 Å². The first-order valence-corrected chi connectivity index (χ1v) is 7.77. The monoisotopic (exact) mass is 286 g/mol. The second-order valence-corrected chi connectivity index (χ2v) is 6.44. The van der Waals surface area contributed by atoms with Crippen molar-refractivity contribution >= 4 is 15.7 Å². The number of benzene rings is 2. The Morgan fingerprint density at radius 3 is 2.60 bits per heavy atom. The quantitative estimate of drug-likeness (QED) is 0.807. The highest BCUT2D eigenvalue weighted by molar-refractivity contribution is 7.94. The summed E-state index contributed by atoms with van der Waals surface area (Å²) in [5.74, 6) is -0.306. The molecular weight excluding hydrogens is 271 g/mol. The molecule has 0 bridgehead atoms. The molecule has 0 amide bonds. The van der Waals surface area contributed by atoms with Crippen molar-refractivity contribution in [3.05, 3.63) is 71.0 Å². The molecule has 0 spiro atoms. The van der Waals surface area contributed by atoms with Crippen molar-refractivity contribution in [3.63, 3.8) is 0 Å². The number of halogens is 1. The van der Waals surface area contributed by atoms with Gasteiger partial charge in [-0.2, -0.15) is 0 Å². The molecule has 102 valence electrons. The Morgan fingerprint density at radius 2 is 1.85 bits per heavy atom. The predicted molar refractivity (Wildman–Crippen MR) is 80.3 cm³/mol. The van der Waals surface area contributed by atoms with Crippen LogP contribution in [0.25, 0.3) is 4.91 Å². The van der Waals surface area contributed by atoms with E-state index in [1.807, 2.05) is 18.2 Å². The van der Waals surface area contributed by atoms with E-state index >= 15 is 0 Å². The zero-order valence-electron chi connectivity index (χ0n) is 11.2. The molecule has 3 rings (SSSR count). The van der Waals surface area contributed by atoms with Crippen LogP contribution in [-0.2, 0) is 17.2 Å². The van der Waals surface area contributed by atoms with Crippen molar-refractivity contribution in [2.75, 3.05) is 0 Å². The van der Waals surface area contributed by atoms with E-state index in [1.54, 1.807) is 12.1 Å². The SMILES string of the molecule is Cc1ccc2c(c1)CCC=C2S(=O)c1ccc(F)cc1. The third-order valence-corrected chi connectivity index (χ3v) is 4.98. The third kappa shape index (κ3) is 2.46. The number of hydrogen-bond donors (Lipinski definition) is 0. The third-order valence-electron chi connectivity index (χ3n) is 3.50. The Kier molecular flexibility index (Phi) is 3.53. The van der Waals surface area contributed by atoms with Crippen LogP contribution in [0.3, 0.4) is 0 Å². The molecule has 1 atom stereocenters. The van der Waals surface area contributed by atoms with Crippen LogP contribution in [0.5, 0.6) is 0 Å². The molecule has 0 N–H and O–H groups in total. The Bertz CT molecular complexity index is 701. The molecule has 0 heterocycles. The van der Waals surface area contributed by atoms with Gasteiger partial charge in [-0.3, -0.25) is 0 Å². The number of fused-ring (bicyclic) bond motifs is 1. The lowest BCUT2D eigenvalue weighted by Gasteiger charge is -2.18. The molecule has 20 heavy (non-hydrogen) atoms. The fourth-order valence-electron chi connectivity index (χ4n) is 2.50. The predicted octanol–water partition coefficient (Wildman–Crippen LogP) is 4.23. The van der Waals surface area contributed by atoms with Crippen LogP contribution < -0.4 is 0 Å². The van der Waals surface area contributed by atoms with Gasteiger partial charge in [0.25, 0.3) is 0 Å². The molecule has 0 saturated carbocycles. The van der Waals surface area contributed by atoms with Gasteiger partial charge in [0, 0.05) is 9.80 Å². The molecule has 0 aromatic heterocycles. The minimum atomic E-state index is -1.25. The van der Waals surface area contributed by atoms with Crippen molar-refractivity contribution in [2.24, 2.45) is 0 Å². The summed E-state index contributed by atoms with van der Waals surface area (Å²) in [5, 5.41) is 0. The highest BCUT2D eigenvalue weighted by atomic mass is 32.2. The van der Waals surface area contributed by atoms with Gasteiger partial charge in [0.05, 0.1) is 10.8 Å². The second kappa shape index (κ2) is 5.33. The average Bonchev–Trinajstić information content (AvgIpc) is 2.46. The van der Waals surface area contributed by atoms with Crippen molar-refractivity contribution < 1.29 is 8.60 Å². The normalized spacial score (nSPS) is 15.4. The van der Waals surface area contributed by atoms with E-state index in [-0.39, 0.29) is 5.82 Å². The van der Waals surface area contributed by atoms with E-state index in [2.05, 4.69) is 13.0 Å². The number of rotatable bonds is 2. The molecule has 2 aromatic carbocycles. The largest absolute Gasteiger partial charge is 0.249 e. The Hall–Kier alpha value is -1.74. The van der Waals surface area contributed by atoms with Crippen LogP contribution in [0.2, 0.25) is 0 Å². The summed E-state index contributed by atoms with van der Waals surface area (Å²) in [6.07, 6.45) is 3.93. The van der Waals surface area contributed by atoms with Crippen LogP contribution in [0.1, 0.15) is 23.1 Å². The van der Waals surface area contributed by atoms with Crippen LogP contribution in [0.15, 0.2) is 53.4 Å².